The van der Waals surface area contributed by atoms with Gasteiger partial charge in [-0.1, -0.05) is 32.0 Å². The highest BCUT2D eigenvalue weighted by Gasteiger charge is 2.48. The lowest BCUT2D eigenvalue weighted by molar-refractivity contribution is 0.478. The van der Waals surface area contributed by atoms with Gasteiger partial charge in [-0.3, -0.25) is 0 Å². The molecule has 1 aliphatic carbocycles. The molecule has 0 aromatic heterocycles. The van der Waals surface area contributed by atoms with Crippen molar-refractivity contribution in [2.24, 2.45) is 0 Å². The van der Waals surface area contributed by atoms with E-state index in [4.69, 9.17) is 0 Å². The first kappa shape index (κ1) is 9.95. The molecule has 0 bridgehead atoms. The van der Waals surface area contributed by atoms with Crippen molar-refractivity contribution in [2.75, 3.05) is 18.0 Å². The molecule has 2 heteroatoms. The van der Waals surface area contributed by atoms with E-state index in [1.54, 1.807) is 5.56 Å². The molecular formula is C15H20N2. The lowest BCUT2D eigenvalue weighted by Crippen LogP contribution is -2.41. The van der Waals surface area contributed by atoms with Gasteiger partial charge in [-0.05, 0) is 24.0 Å². The van der Waals surface area contributed by atoms with Crippen molar-refractivity contribution in [3.63, 3.8) is 0 Å². The van der Waals surface area contributed by atoms with Gasteiger partial charge in [0.25, 0.3) is 0 Å². The van der Waals surface area contributed by atoms with Gasteiger partial charge in [0.05, 0.1) is 0 Å². The van der Waals surface area contributed by atoms with Gasteiger partial charge in [0.1, 0.15) is 0 Å². The highest BCUT2D eigenvalue weighted by Crippen LogP contribution is 2.48. The maximum atomic E-state index is 3.77. The molecule has 0 unspecified atom stereocenters. The van der Waals surface area contributed by atoms with E-state index >= 15 is 0 Å². The van der Waals surface area contributed by atoms with Crippen LogP contribution in [0.5, 0.6) is 0 Å². The van der Waals surface area contributed by atoms with Crippen LogP contribution in [0.25, 0.3) is 0 Å². The molecule has 1 saturated carbocycles. The molecule has 2 aliphatic heterocycles. The smallest absolute Gasteiger partial charge is 0.0451 e. The van der Waals surface area contributed by atoms with Gasteiger partial charge in [-0.2, -0.15) is 0 Å². The van der Waals surface area contributed by atoms with Gasteiger partial charge in [0.15, 0.2) is 0 Å². The van der Waals surface area contributed by atoms with Crippen molar-refractivity contribution in [3.05, 3.63) is 29.3 Å². The van der Waals surface area contributed by atoms with Crippen molar-refractivity contribution in [2.45, 2.75) is 44.2 Å². The number of hydrogen-bond acceptors (Lipinski definition) is 2. The fourth-order valence-corrected chi connectivity index (χ4v) is 3.62. The Labute approximate surface area is 103 Å². The lowest BCUT2D eigenvalue weighted by Gasteiger charge is -2.25. The van der Waals surface area contributed by atoms with Crippen LogP contribution in [0.3, 0.4) is 0 Å². The zero-order chi connectivity index (χ0) is 11.7. The van der Waals surface area contributed by atoms with Gasteiger partial charge in [0.2, 0.25) is 0 Å². The van der Waals surface area contributed by atoms with Crippen LogP contribution in [0.15, 0.2) is 18.2 Å². The Kier molecular flexibility index (Phi) is 1.68. The van der Waals surface area contributed by atoms with E-state index < -0.39 is 0 Å². The molecule has 1 aromatic rings. The number of rotatable bonds is 0. The first-order valence-electron chi connectivity index (χ1n) is 6.72. The lowest BCUT2D eigenvalue weighted by atomic mass is 9.86. The average Bonchev–Trinajstić information content (AvgIpc) is 3.01. The number of anilines is 1. The molecule has 1 fully saturated rings. The molecule has 2 heterocycles. The van der Waals surface area contributed by atoms with E-state index in [9.17, 15) is 0 Å². The quantitative estimate of drug-likeness (QED) is 0.733. The van der Waals surface area contributed by atoms with Gasteiger partial charge < -0.3 is 10.2 Å². The van der Waals surface area contributed by atoms with Crippen molar-refractivity contribution >= 4 is 5.69 Å². The van der Waals surface area contributed by atoms with Gasteiger partial charge in [0, 0.05) is 36.3 Å². The molecule has 1 spiro atoms. The van der Waals surface area contributed by atoms with Crippen molar-refractivity contribution in [3.8, 4) is 0 Å². The van der Waals surface area contributed by atoms with Gasteiger partial charge in [-0.25, -0.2) is 0 Å². The van der Waals surface area contributed by atoms with E-state index in [0.717, 1.165) is 6.54 Å². The summed E-state index contributed by atoms with van der Waals surface area (Å²) in [5, 5.41) is 3.77. The third-order valence-corrected chi connectivity index (χ3v) is 4.75. The third-order valence-electron chi connectivity index (χ3n) is 4.75. The largest absolute Gasteiger partial charge is 0.368 e. The fraction of sp³-hybridized carbons (Fsp3) is 0.600. The molecule has 3 aliphatic rings. The van der Waals surface area contributed by atoms with Crippen LogP contribution in [0.2, 0.25) is 0 Å². The van der Waals surface area contributed by atoms with Crippen LogP contribution in [0.4, 0.5) is 5.69 Å². The Morgan fingerprint density at radius 2 is 2.00 bits per heavy atom. The molecule has 1 aromatic carbocycles. The normalized spacial score (nSPS) is 26.8. The first-order chi connectivity index (χ1) is 8.10. The number of para-hydroxylation sites is 1. The van der Waals surface area contributed by atoms with E-state index in [0.29, 0.717) is 11.0 Å². The molecule has 17 heavy (non-hydrogen) atoms. The monoisotopic (exact) mass is 228 g/mol. The van der Waals surface area contributed by atoms with E-state index in [1.807, 2.05) is 0 Å². The second-order valence-corrected chi connectivity index (χ2v) is 6.69. The standard InChI is InChI=1S/C15H20N2/c1-14(2)9-17-10-15(6-7-15)16-8-11-4-3-5-12(14)13(11)17/h3-5,16H,6-10H2,1-2H3. The zero-order valence-electron chi connectivity index (χ0n) is 10.7. The van der Waals surface area contributed by atoms with Crippen LogP contribution in [-0.4, -0.2) is 18.6 Å². The van der Waals surface area contributed by atoms with Crippen molar-refractivity contribution < 1.29 is 0 Å². The minimum absolute atomic E-state index is 0.318. The van der Waals surface area contributed by atoms with Crippen molar-refractivity contribution in [1.29, 1.82) is 0 Å². The van der Waals surface area contributed by atoms with Crippen LogP contribution in [0, 0.1) is 0 Å². The maximum absolute atomic E-state index is 3.77. The van der Waals surface area contributed by atoms with Gasteiger partial charge >= 0.3 is 0 Å². The average molecular weight is 228 g/mol. The van der Waals surface area contributed by atoms with Crippen molar-refractivity contribution in [1.82, 2.24) is 5.32 Å². The summed E-state index contributed by atoms with van der Waals surface area (Å²) in [7, 11) is 0. The summed E-state index contributed by atoms with van der Waals surface area (Å²) in [6, 6.07) is 6.84. The van der Waals surface area contributed by atoms with Gasteiger partial charge in [-0.15, -0.1) is 0 Å². The summed E-state index contributed by atoms with van der Waals surface area (Å²) in [4.78, 5) is 2.64. The molecular weight excluding hydrogens is 208 g/mol. The molecule has 0 saturated heterocycles. The predicted octanol–water partition coefficient (Wildman–Crippen LogP) is 2.42. The summed E-state index contributed by atoms with van der Waals surface area (Å²) in [6.07, 6.45) is 2.71. The predicted molar refractivity (Wildman–Crippen MR) is 70.5 cm³/mol. The Morgan fingerprint density at radius 1 is 1.18 bits per heavy atom. The molecule has 0 atom stereocenters. The van der Waals surface area contributed by atoms with Crippen LogP contribution in [0.1, 0.15) is 37.8 Å². The van der Waals surface area contributed by atoms with Crippen LogP contribution >= 0.6 is 0 Å². The summed E-state index contributed by atoms with van der Waals surface area (Å²) in [6.45, 7) is 8.20. The van der Waals surface area contributed by atoms with Crippen LogP contribution in [-0.2, 0) is 12.0 Å². The molecule has 90 valence electrons. The molecule has 0 radical (unpaired) electrons. The topological polar surface area (TPSA) is 15.3 Å². The number of hydrogen-bond donors (Lipinski definition) is 1. The minimum atomic E-state index is 0.318. The first-order valence-corrected chi connectivity index (χ1v) is 6.72. The number of nitrogens with zero attached hydrogens (tertiary/aromatic N) is 1. The maximum Gasteiger partial charge on any atom is 0.0451 e. The Hall–Kier alpha value is -1.02. The zero-order valence-corrected chi connectivity index (χ0v) is 10.7. The van der Waals surface area contributed by atoms with Crippen LogP contribution < -0.4 is 10.2 Å². The number of nitrogens with one attached hydrogen (secondary N) is 1. The fourth-order valence-electron chi connectivity index (χ4n) is 3.62. The van der Waals surface area contributed by atoms with E-state index in [-0.39, 0.29) is 0 Å². The molecule has 1 N–H and O–H groups in total. The summed E-state index contributed by atoms with van der Waals surface area (Å²) < 4.78 is 0. The van der Waals surface area contributed by atoms with E-state index in [1.165, 1.54) is 37.2 Å². The minimum Gasteiger partial charge on any atom is -0.368 e. The number of benzene rings is 1. The molecule has 0 amide bonds. The highest BCUT2D eigenvalue weighted by molar-refractivity contribution is 5.68. The molecule has 2 nitrogen and oxygen atoms in total. The van der Waals surface area contributed by atoms with E-state index in [2.05, 4.69) is 42.3 Å². The molecule has 4 rings (SSSR count). The Bertz CT molecular complexity index is 486. The summed E-state index contributed by atoms with van der Waals surface area (Å²) >= 11 is 0. The third kappa shape index (κ3) is 1.30. The second-order valence-electron chi connectivity index (χ2n) is 6.69. The summed E-state index contributed by atoms with van der Waals surface area (Å²) in [5.74, 6) is 0. The Balaban J connectivity index is 1.88. The summed E-state index contributed by atoms with van der Waals surface area (Å²) in [5.41, 5.74) is 5.34. The second kappa shape index (κ2) is 2.86. The highest BCUT2D eigenvalue weighted by atomic mass is 15.2. The SMILES string of the molecule is CC1(C)CN2CC3(CC3)NCc3cccc1c32. The Morgan fingerprint density at radius 3 is 2.76 bits per heavy atom.